The van der Waals surface area contributed by atoms with Crippen LogP contribution in [0.15, 0.2) is 52.6 Å². The summed E-state index contributed by atoms with van der Waals surface area (Å²) >= 11 is 0. The molecule has 3 atom stereocenters. The molecule has 20 heavy (non-hydrogen) atoms. The Bertz CT molecular complexity index is 606. The van der Waals surface area contributed by atoms with Crippen LogP contribution in [-0.4, -0.2) is 23.7 Å². The fourth-order valence-electron chi connectivity index (χ4n) is 3.62. The van der Waals surface area contributed by atoms with Crippen molar-refractivity contribution in [2.45, 2.75) is 37.8 Å². The molecule has 4 aliphatic rings. The van der Waals surface area contributed by atoms with E-state index < -0.39 is 0 Å². The molecular weight excluding hydrogens is 248 g/mol. The van der Waals surface area contributed by atoms with Crippen LogP contribution in [0.25, 0.3) is 0 Å². The maximum absolute atomic E-state index is 11.6. The number of hydrogen-bond donors (Lipinski definition) is 1. The molecule has 1 amide bonds. The van der Waals surface area contributed by atoms with Crippen molar-refractivity contribution < 1.29 is 4.79 Å². The first-order valence-corrected chi connectivity index (χ1v) is 7.39. The number of carbonyl (C=O) groups is 1. The lowest BCUT2D eigenvalue weighted by Gasteiger charge is -2.18. The Morgan fingerprint density at radius 3 is 3.20 bits per heavy atom. The van der Waals surface area contributed by atoms with Crippen molar-refractivity contribution in [1.82, 2.24) is 5.32 Å². The molecule has 102 valence electrons. The van der Waals surface area contributed by atoms with E-state index in [-0.39, 0.29) is 18.0 Å². The first kappa shape index (κ1) is 11.9. The maximum atomic E-state index is 11.6. The van der Waals surface area contributed by atoms with Crippen molar-refractivity contribution in [3.8, 4) is 0 Å². The highest BCUT2D eigenvalue weighted by Gasteiger charge is 2.32. The molecule has 0 bridgehead atoms. The van der Waals surface area contributed by atoms with Crippen molar-refractivity contribution >= 4 is 11.6 Å². The summed E-state index contributed by atoms with van der Waals surface area (Å²) in [5.74, 6) is 0.772. The zero-order valence-corrected chi connectivity index (χ0v) is 11.4. The van der Waals surface area contributed by atoms with Gasteiger partial charge in [0.15, 0.2) is 0 Å². The van der Waals surface area contributed by atoms with Crippen LogP contribution in [0.2, 0.25) is 0 Å². The fourth-order valence-corrected chi connectivity index (χ4v) is 3.62. The van der Waals surface area contributed by atoms with E-state index in [1.807, 2.05) is 0 Å². The summed E-state index contributed by atoms with van der Waals surface area (Å²) in [4.78, 5) is 16.4. The predicted octanol–water partition coefficient (Wildman–Crippen LogP) is 2.48. The van der Waals surface area contributed by atoms with Crippen LogP contribution in [0.5, 0.6) is 0 Å². The molecule has 3 unspecified atom stereocenters. The van der Waals surface area contributed by atoms with Gasteiger partial charge in [0.2, 0.25) is 5.91 Å². The molecule has 1 fully saturated rings. The highest BCUT2D eigenvalue weighted by Crippen LogP contribution is 2.32. The predicted molar refractivity (Wildman–Crippen MR) is 79.6 cm³/mol. The third-order valence-electron chi connectivity index (χ3n) is 4.60. The Labute approximate surface area is 118 Å². The molecule has 1 saturated heterocycles. The molecule has 2 aliphatic carbocycles. The second kappa shape index (κ2) is 4.58. The molecule has 0 saturated carbocycles. The van der Waals surface area contributed by atoms with E-state index in [1.165, 1.54) is 16.9 Å². The average Bonchev–Trinajstić information content (AvgIpc) is 3.01. The summed E-state index contributed by atoms with van der Waals surface area (Å²) in [5, 5.41) is 3.06. The van der Waals surface area contributed by atoms with Gasteiger partial charge in [0.25, 0.3) is 0 Å². The zero-order chi connectivity index (χ0) is 13.5. The molecule has 2 heterocycles. The molecule has 1 N–H and O–H groups in total. The number of fused-ring (bicyclic) bond motifs is 2. The quantitative estimate of drug-likeness (QED) is 0.728. The molecule has 0 aromatic heterocycles. The minimum atomic E-state index is 0.0912. The number of allylic oxidation sites excluding steroid dienone is 4. The SMILES string of the molecule is O=C1CC2=CC=CC(=CC3CC4CC=CCC4=N3)C2N1. The number of rotatable bonds is 1. The van der Waals surface area contributed by atoms with Crippen molar-refractivity contribution in [1.29, 1.82) is 0 Å². The first-order valence-electron chi connectivity index (χ1n) is 7.39. The summed E-state index contributed by atoms with van der Waals surface area (Å²) in [6.07, 6.45) is 16.8. The van der Waals surface area contributed by atoms with E-state index in [0.717, 1.165) is 19.3 Å². The maximum Gasteiger partial charge on any atom is 0.224 e. The van der Waals surface area contributed by atoms with Crippen molar-refractivity contribution in [2.24, 2.45) is 10.9 Å². The van der Waals surface area contributed by atoms with Gasteiger partial charge in [-0.05, 0) is 24.0 Å². The standard InChI is InChI=1S/C17H18N2O/c20-16-10-13-6-3-5-12(17(13)19-16)9-14-8-11-4-1-2-7-15(11)18-14/h1-3,5-6,9,11,14,17H,4,7-8,10H2,(H,19,20). The highest BCUT2D eigenvalue weighted by atomic mass is 16.1. The van der Waals surface area contributed by atoms with Crippen LogP contribution in [0.3, 0.4) is 0 Å². The second-order valence-corrected chi connectivity index (χ2v) is 5.98. The molecular formula is C17H18N2O. The number of amides is 1. The minimum absolute atomic E-state index is 0.0912. The molecule has 4 rings (SSSR count). The van der Waals surface area contributed by atoms with E-state index in [1.54, 1.807) is 0 Å². The van der Waals surface area contributed by atoms with Crippen LogP contribution in [0.4, 0.5) is 0 Å². The lowest BCUT2D eigenvalue weighted by molar-refractivity contribution is -0.119. The first-order chi connectivity index (χ1) is 9.79. The lowest BCUT2D eigenvalue weighted by atomic mass is 9.89. The van der Waals surface area contributed by atoms with Crippen LogP contribution in [0.1, 0.15) is 25.7 Å². The Balaban J connectivity index is 1.56. The molecule has 3 heteroatoms. The summed E-state index contributed by atoms with van der Waals surface area (Å²) in [5.41, 5.74) is 3.75. The summed E-state index contributed by atoms with van der Waals surface area (Å²) < 4.78 is 0. The van der Waals surface area contributed by atoms with E-state index in [4.69, 9.17) is 4.99 Å². The number of carbonyl (C=O) groups excluding carboxylic acids is 1. The van der Waals surface area contributed by atoms with E-state index >= 15 is 0 Å². The smallest absolute Gasteiger partial charge is 0.224 e. The van der Waals surface area contributed by atoms with Gasteiger partial charge in [0.05, 0.1) is 18.5 Å². The van der Waals surface area contributed by atoms with Crippen molar-refractivity contribution in [2.75, 3.05) is 0 Å². The molecule has 0 aromatic rings. The average molecular weight is 266 g/mol. The van der Waals surface area contributed by atoms with Gasteiger partial charge in [-0.3, -0.25) is 9.79 Å². The number of nitrogens with one attached hydrogen (secondary N) is 1. The largest absolute Gasteiger partial charge is 0.345 e. The zero-order valence-electron chi connectivity index (χ0n) is 11.4. The minimum Gasteiger partial charge on any atom is -0.345 e. The van der Waals surface area contributed by atoms with Gasteiger partial charge in [-0.15, -0.1) is 0 Å². The number of nitrogens with zero attached hydrogens (tertiary/aromatic N) is 1. The van der Waals surface area contributed by atoms with Gasteiger partial charge in [-0.2, -0.15) is 0 Å². The summed E-state index contributed by atoms with van der Waals surface area (Å²) in [6, 6.07) is 0.375. The monoisotopic (exact) mass is 266 g/mol. The van der Waals surface area contributed by atoms with Gasteiger partial charge >= 0.3 is 0 Å². The van der Waals surface area contributed by atoms with Gasteiger partial charge < -0.3 is 5.32 Å². The Kier molecular flexibility index (Phi) is 2.72. The van der Waals surface area contributed by atoms with Gasteiger partial charge in [0.1, 0.15) is 0 Å². The van der Waals surface area contributed by atoms with Crippen LogP contribution >= 0.6 is 0 Å². The molecule has 0 spiro atoms. The molecule has 3 nitrogen and oxygen atoms in total. The van der Waals surface area contributed by atoms with Gasteiger partial charge in [-0.1, -0.05) is 36.5 Å². The third-order valence-corrected chi connectivity index (χ3v) is 4.60. The molecule has 2 aliphatic heterocycles. The number of hydrogen-bond acceptors (Lipinski definition) is 2. The Morgan fingerprint density at radius 1 is 1.35 bits per heavy atom. The van der Waals surface area contributed by atoms with Crippen molar-refractivity contribution in [3.05, 3.63) is 47.6 Å². The second-order valence-electron chi connectivity index (χ2n) is 5.98. The van der Waals surface area contributed by atoms with Gasteiger partial charge in [0, 0.05) is 18.1 Å². The van der Waals surface area contributed by atoms with Crippen LogP contribution in [-0.2, 0) is 4.79 Å². The normalized spacial score (nSPS) is 36.5. The lowest BCUT2D eigenvalue weighted by Crippen LogP contribution is -2.28. The van der Waals surface area contributed by atoms with Crippen molar-refractivity contribution in [3.63, 3.8) is 0 Å². The highest BCUT2D eigenvalue weighted by molar-refractivity contribution is 5.91. The summed E-state index contributed by atoms with van der Waals surface area (Å²) in [6.45, 7) is 0. The van der Waals surface area contributed by atoms with Crippen LogP contribution < -0.4 is 5.32 Å². The summed E-state index contributed by atoms with van der Waals surface area (Å²) in [7, 11) is 0. The Morgan fingerprint density at radius 2 is 2.30 bits per heavy atom. The third kappa shape index (κ3) is 1.98. The van der Waals surface area contributed by atoms with E-state index in [2.05, 4.69) is 41.8 Å². The van der Waals surface area contributed by atoms with E-state index in [9.17, 15) is 4.79 Å². The van der Waals surface area contributed by atoms with Gasteiger partial charge in [-0.25, -0.2) is 0 Å². The fraction of sp³-hybridized carbons (Fsp3) is 0.412. The van der Waals surface area contributed by atoms with Crippen LogP contribution in [0, 0.1) is 5.92 Å². The number of aliphatic imine (C=N–C) groups is 1. The molecule has 0 radical (unpaired) electrons. The van der Waals surface area contributed by atoms with E-state index in [0.29, 0.717) is 12.3 Å². The topological polar surface area (TPSA) is 41.5 Å². The molecule has 0 aromatic carbocycles. The Hall–Kier alpha value is -1.90.